The van der Waals surface area contributed by atoms with E-state index in [9.17, 15) is 0 Å². The Balaban J connectivity index is 2.14. The number of nitrogens with one attached hydrogen (secondary N) is 2. The largest absolute Gasteiger partial charge is 0.384 e. The van der Waals surface area contributed by atoms with Gasteiger partial charge in [-0.15, -0.1) is 0 Å². The first-order valence-corrected chi connectivity index (χ1v) is 6.24. The molecule has 0 saturated heterocycles. The molecule has 5 heteroatoms. The molecule has 0 fully saturated rings. The number of hydrogen-bond acceptors (Lipinski definition) is 3. The molecule has 19 heavy (non-hydrogen) atoms. The standard InChI is InChI=1S/C14H17N5/c1-14(2,3)13-17-10-5-4-8(6-11(10)18-13)9-7-16-19-12(9)15/h4-7H,1-3H3,(H,17,18)(H3,15,16,19). The molecular weight excluding hydrogens is 238 g/mol. The van der Waals surface area contributed by atoms with Gasteiger partial charge >= 0.3 is 0 Å². The second-order valence-corrected chi connectivity index (χ2v) is 5.76. The van der Waals surface area contributed by atoms with E-state index in [0.717, 1.165) is 28.0 Å². The van der Waals surface area contributed by atoms with Crippen molar-refractivity contribution in [2.24, 2.45) is 0 Å². The molecule has 3 rings (SSSR count). The van der Waals surface area contributed by atoms with Crippen molar-refractivity contribution in [3.63, 3.8) is 0 Å². The van der Waals surface area contributed by atoms with Crippen molar-refractivity contribution in [1.29, 1.82) is 0 Å². The summed E-state index contributed by atoms with van der Waals surface area (Å²) in [5, 5.41) is 6.69. The highest BCUT2D eigenvalue weighted by molar-refractivity contribution is 5.84. The summed E-state index contributed by atoms with van der Waals surface area (Å²) in [6.07, 6.45) is 1.73. The zero-order valence-electron chi connectivity index (χ0n) is 11.3. The molecule has 1 aromatic carbocycles. The van der Waals surface area contributed by atoms with Gasteiger partial charge in [0.15, 0.2) is 0 Å². The van der Waals surface area contributed by atoms with Gasteiger partial charge in [-0.2, -0.15) is 5.10 Å². The van der Waals surface area contributed by atoms with Crippen LogP contribution in [-0.2, 0) is 5.41 Å². The number of nitrogens with two attached hydrogens (primary N) is 1. The van der Waals surface area contributed by atoms with Crippen LogP contribution in [0.25, 0.3) is 22.2 Å². The van der Waals surface area contributed by atoms with Crippen LogP contribution in [0.2, 0.25) is 0 Å². The lowest BCUT2D eigenvalue weighted by molar-refractivity contribution is 0.554. The van der Waals surface area contributed by atoms with E-state index in [0.29, 0.717) is 5.82 Å². The van der Waals surface area contributed by atoms with Crippen LogP contribution in [0.1, 0.15) is 26.6 Å². The van der Waals surface area contributed by atoms with Crippen LogP contribution in [-0.4, -0.2) is 20.2 Å². The third kappa shape index (κ3) is 1.97. The van der Waals surface area contributed by atoms with Crippen molar-refractivity contribution < 1.29 is 0 Å². The predicted octanol–water partition coefficient (Wildman–Crippen LogP) is 2.83. The van der Waals surface area contributed by atoms with E-state index in [1.807, 2.05) is 12.1 Å². The summed E-state index contributed by atoms with van der Waals surface area (Å²) in [5.74, 6) is 1.56. The van der Waals surface area contributed by atoms with E-state index in [1.54, 1.807) is 6.20 Å². The highest BCUT2D eigenvalue weighted by Crippen LogP contribution is 2.28. The van der Waals surface area contributed by atoms with Crippen molar-refractivity contribution in [2.45, 2.75) is 26.2 Å². The zero-order valence-corrected chi connectivity index (χ0v) is 11.3. The number of benzene rings is 1. The minimum absolute atomic E-state index is 0.00779. The summed E-state index contributed by atoms with van der Waals surface area (Å²) in [4.78, 5) is 7.99. The van der Waals surface area contributed by atoms with Crippen molar-refractivity contribution >= 4 is 16.9 Å². The molecule has 4 N–H and O–H groups in total. The number of H-pyrrole nitrogens is 2. The first kappa shape index (κ1) is 11.8. The summed E-state index contributed by atoms with van der Waals surface area (Å²) in [7, 11) is 0. The summed E-state index contributed by atoms with van der Waals surface area (Å²) >= 11 is 0. The van der Waals surface area contributed by atoms with Gasteiger partial charge in [0, 0.05) is 11.0 Å². The predicted molar refractivity (Wildman–Crippen MR) is 76.8 cm³/mol. The summed E-state index contributed by atoms with van der Waals surface area (Å²) in [6.45, 7) is 6.42. The fraction of sp³-hybridized carbons (Fsp3) is 0.286. The van der Waals surface area contributed by atoms with Gasteiger partial charge < -0.3 is 10.7 Å². The Hall–Kier alpha value is -2.30. The maximum absolute atomic E-state index is 5.85. The summed E-state index contributed by atoms with van der Waals surface area (Å²) < 4.78 is 0. The number of anilines is 1. The minimum atomic E-state index is 0.00779. The van der Waals surface area contributed by atoms with E-state index < -0.39 is 0 Å². The topological polar surface area (TPSA) is 83.4 Å². The van der Waals surface area contributed by atoms with E-state index >= 15 is 0 Å². The molecule has 2 aromatic heterocycles. The van der Waals surface area contributed by atoms with Gasteiger partial charge in [-0.25, -0.2) is 4.98 Å². The molecule has 0 saturated carbocycles. The fourth-order valence-electron chi connectivity index (χ4n) is 2.06. The third-order valence-corrected chi connectivity index (χ3v) is 3.17. The van der Waals surface area contributed by atoms with Crippen LogP contribution in [0.15, 0.2) is 24.4 Å². The Morgan fingerprint density at radius 3 is 2.63 bits per heavy atom. The van der Waals surface area contributed by atoms with E-state index in [4.69, 9.17) is 5.73 Å². The van der Waals surface area contributed by atoms with E-state index in [1.165, 1.54) is 0 Å². The van der Waals surface area contributed by atoms with Gasteiger partial charge in [0.2, 0.25) is 0 Å². The van der Waals surface area contributed by atoms with Gasteiger partial charge in [0.1, 0.15) is 11.6 Å². The molecule has 0 amide bonds. The molecule has 0 spiro atoms. The highest BCUT2D eigenvalue weighted by atomic mass is 15.1. The normalized spacial score (nSPS) is 12.2. The summed E-state index contributed by atoms with van der Waals surface area (Å²) in [5.41, 5.74) is 9.78. The molecule has 98 valence electrons. The van der Waals surface area contributed by atoms with Crippen LogP contribution in [0.4, 0.5) is 5.82 Å². The SMILES string of the molecule is CC(C)(C)c1nc2ccc(-c3cn[nH]c3N)cc2[nH]1. The maximum Gasteiger partial charge on any atom is 0.126 e. The molecule has 0 atom stereocenters. The Kier molecular flexibility index (Phi) is 2.38. The van der Waals surface area contributed by atoms with Crippen LogP contribution in [0.5, 0.6) is 0 Å². The number of nitrogens with zero attached hydrogens (tertiary/aromatic N) is 2. The number of hydrogen-bond donors (Lipinski definition) is 3. The monoisotopic (exact) mass is 255 g/mol. The zero-order chi connectivity index (χ0) is 13.6. The lowest BCUT2D eigenvalue weighted by Gasteiger charge is -2.13. The van der Waals surface area contributed by atoms with Crippen LogP contribution in [0, 0.1) is 0 Å². The Morgan fingerprint density at radius 2 is 2.00 bits per heavy atom. The Morgan fingerprint density at radius 1 is 1.21 bits per heavy atom. The number of nitrogen functional groups attached to an aromatic ring is 1. The summed E-state index contributed by atoms with van der Waals surface area (Å²) in [6, 6.07) is 6.07. The van der Waals surface area contributed by atoms with Crippen LogP contribution >= 0.6 is 0 Å². The third-order valence-electron chi connectivity index (χ3n) is 3.17. The molecule has 0 aliphatic rings. The van der Waals surface area contributed by atoms with Gasteiger partial charge in [0.05, 0.1) is 17.2 Å². The molecule has 2 heterocycles. The fourth-order valence-corrected chi connectivity index (χ4v) is 2.06. The molecule has 0 unspecified atom stereocenters. The number of aromatic nitrogens is 4. The van der Waals surface area contributed by atoms with Crippen molar-refractivity contribution in [3.8, 4) is 11.1 Å². The van der Waals surface area contributed by atoms with Gasteiger partial charge in [-0.3, -0.25) is 5.10 Å². The molecule has 5 nitrogen and oxygen atoms in total. The second kappa shape index (κ2) is 3.85. The Bertz CT molecular complexity index is 730. The molecular formula is C14H17N5. The van der Waals surface area contributed by atoms with Crippen LogP contribution < -0.4 is 5.73 Å². The van der Waals surface area contributed by atoms with Crippen LogP contribution in [0.3, 0.4) is 0 Å². The first-order chi connectivity index (χ1) is 8.95. The van der Waals surface area contributed by atoms with Crippen molar-refractivity contribution in [3.05, 3.63) is 30.2 Å². The molecule has 0 aliphatic carbocycles. The van der Waals surface area contributed by atoms with E-state index in [2.05, 4.69) is 47.0 Å². The van der Waals surface area contributed by atoms with Gasteiger partial charge in [-0.1, -0.05) is 26.8 Å². The van der Waals surface area contributed by atoms with Gasteiger partial charge in [-0.05, 0) is 17.7 Å². The average molecular weight is 255 g/mol. The van der Waals surface area contributed by atoms with Gasteiger partial charge in [0.25, 0.3) is 0 Å². The molecule has 3 aromatic rings. The molecule has 0 bridgehead atoms. The Labute approximate surface area is 111 Å². The van der Waals surface area contributed by atoms with Crippen molar-refractivity contribution in [2.75, 3.05) is 5.73 Å². The van der Waals surface area contributed by atoms with E-state index in [-0.39, 0.29) is 5.41 Å². The first-order valence-electron chi connectivity index (χ1n) is 6.24. The number of aromatic amines is 2. The smallest absolute Gasteiger partial charge is 0.126 e. The highest BCUT2D eigenvalue weighted by Gasteiger charge is 2.18. The maximum atomic E-state index is 5.85. The average Bonchev–Trinajstić information content (AvgIpc) is 2.92. The number of imidazole rings is 1. The lowest BCUT2D eigenvalue weighted by Crippen LogP contribution is -2.12. The molecule has 0 radical (unpaired) electrons. The lowest BCUT2D eigenvalue weighted by atomic mass is 9.96. The number of fused-ring (bicyclic) bond motifs is 1. The molecule has 0 aliphatic heterocycles. The minimum Gasteiger partial charge on any atom is -0.384 e. The second-order valence-electron chi connectivity index (χ2n) is 5.76. The van der Waals surface area contributed by atoms with Crippen molar-refractivity contribution in [1.82, 2.24) is 20.2 Å². The number of rotatable bonds is 1. The quantitative estimate of drug-likeness (QED) is 0.625.